The van der Waals surface area contributed by atoms with E-state index in [1.54, 1.807) is 54.9 Å². The molecular formula is C21H20N4O4S. The zero-order chi connectivity index (χ0) is 21.0. The van der Waals surface area contributed by atoms with Gasteiger partial charge in [-0.05, 0) is 48.0 Å². The van der Waals surface area contributed by atoms with Crippen LogP contribution in [0.1, 0.15) is 5.56 Å². The van der Waals surface area contributed by atoms with Gasteiger partial charge in [0.25, 0.3) is 10.0 Å². The van der Waals surface area contributed by atoms with Crippen molar-refractivity contribution in [3.05, 3.63) is 78.6 Å². The molecule has 9 heteroatoms. The van der Waals surface area contributed by atoms with Crippen LogP contribution in [0.15, 0.2) is 78.0 Å². The molecular weight excluding hydrogens is 404 g/mol. The standard InChI is InChI=1S/C21H20N4O4S/c26-21(23-15-16-4-3-11-22-14-16)24-17-7-9-18(10-8-17)30(27,28)25-12-13-29-20-6-2-1-5-19(20)25/h1-11,14H,12-13,15H2,(H2,23,24,26). The van der Waals surface area contributed by atoms with E-state index in [0.717, 1.165) is 5.56 Å². The van der Waals surface area contributed by atoms with E-state index in [0.29, 0.717) is 23.7 Å². The number of pyridine rings is 1. The number of sulfonamides is 1. The third-order valence-corrected chi connectivity index (χ3v) is 6.39. The molecule has 0 spiro atoms. The lowest BCUT2D eigenvalue weighted by Crippen LogP contribution is -2.37. The molecule has 0 atom stereocenters. The zero-order valence-corrected chi connectivity index (χ0v) is 16.8. The summed E-state index contributed by atoms with van der Waals surface area (Å²) in [6.07, 6.45) is 3.33. The van der Waals surface area contributed by atoms with Gasteiger partial charge < -0.3 is 15.4 Å². The molecule has 0 radical (unpaired) electrons. The van der Waals surface area contributed by atoms with Crippen LogP contribution >= 0.6 is 0 Å². The first-order valence-electron chi connectivity index (χ1n) is 9.32. The minimum atomic E-state index is -3.75. The number of anilines is 2. The summed E-state index contributed by atoms with van der Waals surface area (Å²) >= 11 is 0. The highest BCUT2D eigenvalue weighted by molar-refractivity contribution is 7.92. The molecule has 4 rings (SSSR count). The molecule has 0 aliphatic carbocycles. The van der Waals surface area contributed by atoms with Crippen LogP contribution in [0.25, 0.3) is 0 Å². The van der Waals surface area contributed by atoms with E-state index >= 15 is 0 Å². The molecule has 2 amide bonds. The van der Waals surface area contributed by atoms with Gasteiger partial charge in [-0.25, -0.2) is 13.2 Å². The number of fused-ring (bicyclic) bond motifs is 1. The molecule has 0 fully saturated rings. The second kappa shape index (κ2) is 8.42. The predicted molar refractivity (Wildman–Crippen MR) is 113 cm³/mol. The Bertz CT molecular complexity index is 1140. The summed E-state index contributed by atoms with van der Waals surface area (Å²) in [5.41, 5.74) is 1.88. The molecule has 1 aliphatic rings. The number of carbonyl (C=O) groups is 1. The average Bonchev–Trinajstić information content (AvgIpc) is 2.78. The van der Waals surface area contributed by atoms with E-state index in [1.165, 1.54) is 16.4 Å². The van der Waals surface area contributed by atoms with Crippen molar-refractivity contribution in [3.63, 3.8) is 0 Å². The number of benzene rings is 2. The van der Waals surface area contributed by atoms with E-state index in [2.05, 4.69) is 15.6 Å². The molecule has 0 bridgehead atoms. The lowest BCUT2D eigenvalue weighted by atomic mass is 10.2. The van der Waals surface area contributed by atoms with Crippen molar-refractivity contribution < 1.29 is 17.9 Å². The van der Waals surface area contributed by atoms with Crippen molar-refractivity contribution in [1.29, 1.82) is 0 Å². The van der Waals surface area contributed by atoms with Crippen LogP contribution in [-0.2, 0) is 16.6 Å². The van der Waals surface area contributed by atoms with Gasteiger partial charge in [0.15, 0.2) is 0 Å². The molecule has 0 saturated carbocycles. The molecule has 1 aromatic heterocycles. The van der Waals surface area contributed by atoms with Crippen LogP contribution in [0.2, 0.25) is 0 Å². The number of carbonyl (C=O) groups excluding carboxylic acids is 1. The first kappa shape index (κ1) is 19.7. The Morgan fingerprint density at radius 2 is 1.87 bits per heavy atom. The maximum absolute atomic E-state index is 13.1. The lowest BCUT2D eigenvalue weighted by molar-refractivity contribution is 0.251. The fraction of sp³-hybridized carbons (Fsp3) is 0.143. The van der Waals surface area contributed by atoms with Crippen LogP contribution in [0.4, 0.5) is 16.2 Å². The molecule has 0 unspecified atom stereocenters. The van der Waals surface area contributed by atoms with E-state index < -0.39 is 16.1 Å². The lowest BCUT2D eigenvalue weighted by Gasteiger charge is -2.30. The molecule has 8 nitrogen and oxygen atoms in total. The van der Waals surface area contributed by atoms with E-state index in [1.807, 2.05) is 6.07 Å². The highest BCUT2D eigenvalue weighted by atomic mass is 32.2. The van der Waals surface area contributed by atoms with Gasteiger partial charge in [0.1, 0.15) is 12.4 Å². The Morgan fingerprint density at radius 3 is 2.63 bits per heavy atom. The minimum absolute atomic E-state index is 0.139. The van der Waals surface area contributed by atoms with Crippen molar-refractivity contribution in [3.8, 4) is 5.75 Å². The fourth-order valence-electron chi connectivity index (χ4n) is 3.09. The number of amides is 2. The first-order chi connectivity index (χ1) is 14.5. The average molecular weight is 424 g/mol. The highest BCUT2D eigenvalue weighted by Gasteiger charge is 2.29. The van der Waals surface area contributed by atoms with Crippen LogP contribution < -0.4 is 19.7 Å². The van der Waals surface area contributed by atoms with Gasteiger partial charge in [0, 0.05) is 24.6 Å². The summed E-state index contributed by atoms with van der Waals surface area (Å²) in [6.45, 7) is 0.853. The van der Waals surface area contributed by atoms with Crippen molar-refractivity contribution in [2.45, 2.75) is 11.4 Å². The number of hydrogen-bond acceptors (Lipinski definition) is 5. The molecule has 0 saturated heterocycles. The molecule has 154 valence electrons. The topological polar surface area (TPSA) is 101 Å². The van der Waals surface area contributed by atoms with Crippen molar-refractivity contribution in [1.82, 2.24) is 10.3 Å². The van der Waals surface area contributed by atoms with Crippen LogP contribution in [0.5, 0.6) is 5.75 Å². The third kappa shape index (κ3) is 4.20. The number of nitrogens with one attached hydrogen (secondary N) is 2. The number of rotatable bonds is 5. The van der Waals surface area contributed by atoms with Gasteiger partial charge >= 0.3 is 6.03 Å². The largest absolute Gasteiger partial charge is 0.489 e. The van der Waals surface area contributed by atoms with E-state index in [-0.39, 0.29) is 18.0 Å². The van der Waals surface area contributed by atoms with Gasteiger partial charge in [0.2, 0.25) is 0 Å². The summed E-state index contributed by atoms with van der Waals surface area (Å²) < 4.78 is 33.1. The van der Waals surface area contributed by atoms with Gasteiger partial charge in [-0.1, -0.05) is 18.2 Å². The molecule has 1 aliphatic heterocycles. The second-order valence-electron chi connectivity index (χ2n) is 6.59. The quantitative estimate of drug-likeness (QED) is 0.656. The maximum Gasteiger partial charge on any atom is 0.319 e. The predicted octanol–water partition coefficient (Wildman–Crippen LogP) is 2.99. The number of ether oxygens (including phenoxy) is 1. The summed E-state index contributed by atoms with van der Waals surface area (Å²) in [5.74, 6) is 0.538. The molecule has 30 heavy (non-hydrogen) atoms. The highest BCUT2D eigenvalue weighted by Crippen LogP contribution is 2.34. The maximum atomic E-state index is 13.1. The summed E-state index contributed by atoms with van der Waals surface area (Å²) in [5, 5.41) is 5.41. The zero-order valence-electron chi connectivity index (χ0n) is 16.0. The Morgan fingerprint density at radius 1 is 1.07 bits per heavy atom. The number of nitrogens with zero attached hydrogens (tertiary/aromatic N) is 2. The van der Waals surface area contributed by atoms with Crippen molar-refractivity contribution >= 4 is 27.4 Å². The number of para-hydroxylation sites is 2. The van der Waals surface area contributed by atoms with E-state index in [9.17, 15) is 13.2 Å². The summed E-state index contributed by atoms with van der Waals surface area (Å²) in [4.78, 5) is 16.2. The van der Waals surface area contributed by atoms with Crippen LogP contribution in [0, 0.1) is 0 Å². The van der Waals surface area contributed by atoms with Crippen LogP contribution in [0.3, 0.4) is 0 Å². The second-order valence-corrected chi connectivity index (χ2v) is 8.45. The van der Waals surface area contributed by atoms with Gasteiger partial charge in [-0.2, -0.15) is 0 Å². The fourth-order valence-corrected chi connectivity index (χ4v) is 4.55. The SMILES string of the molecule is O=C(NCc1cccnc1)Nc1ccc(S(=O)(=O)N2CCOc3ccccc32)cc1. The Labute approximate surface area is 174 Å². The molecule has 2 aromatic carbocycles. The summed E-state index contributed by atoms with van der Waals surface area (Å²) in [7, 11) is -3.75. The van der Waals surface area contributed by atoms with Gasteiger partial charge in [-0.3, -0.25) is 9.29 Å². The van der Waals surface area contributed by atoms with Gasteiger partial charge in [0.05, 0.1) is 17.1 Å². The molecule has 2 N–H and O–H groups in total. The van der Waals surface area contributed by atoms with Crippen molar-refractivity contribution in [2.24, 2.45) is 0 Å². The number of urea groups is 1. The third-order valence-electron chi connectivity index (χ3n) is 4.56. The smallest absolute Gasteiger partial charge is 0.319 e. The normalized spacial score (nSPS) is 13.1. The Kier molecular flexibility index (Phi) is 5.53. The monoisotopic (exact) mass is 424 g/mol. The molecule has 3 aromatic rings. The molecule has 2 heterocycles. The number of hydrogen-bond donors (Lipinski definition) is 2. The Hall–Kier alpha value is -3.59. The van der Waals surface area contributed by atoms with Crippen LogP contribution in [-0.4, -0.2) is 32.6 Å². The minimum Gasteiger partial charge on any atom is -0.489 e. The van der Waals surface area contributed by atoms with E-state index in [4.69, 9.17) is 4.74 Å². The first-order valence-corrected chi connectivity index (χ1v) is 10.8. The number of aromatic nitrogens is 1. The van der Waals surface area contributed by atoms with Gasteiger partial charge in [-0.15, -0.1) is 0 Å². The summed E-state index contributed by atoms with van der Waals surface area (Å²) in [6, 6.07) is 16.4. The van der Waals surface area contributed by atoms with Crippen molar-refractivity contribution in [2.75, 3.05) is 22.8 Å². The Balaban J connectivity index is 1.44.